The van der Waals surface area contributed by atoms with E-state index in [-0.39, 0.29) is 0 Å². The number of nitrogens with two attached hydrogens (primary N) is 1. The molecule has 0 bridgehead atoms. The monoisotopic (exact) mass is 314 g/mol. The number of fused-ring (bicyclic) bond motifs is 2. The Kier molecular flexibility index (Phi) is 4.90. The summed E-state index contributed by atoms with van der Waals surface area (Å²) in [4.78, 5) is 7.30. The van der Waals surface area contributed by atoms with Crippen LogP contribution in [0.4, 0.5) is 5.69 Å². The lowest BCUT2D eigenvalue weighted by Gasteiger charge is -2.17. The zero-order chi connectivity index (χ0) is 16.4. The Morgan fingerprint density at radius 3 is 2.65 bits per heavy atom. The molecule has 0 unspecified atom stereocenters. The smallest absolute Gasteiger partial charge is 0.142 e. The van der Waals surface area contributed by atoms with Gasteiger partial charge in [-0.15, -0.1) is 0 Å². The van der Waals surface area contributed by atoms with Crippen LogP contribution >= 0.6 is 0 Å². The van der Waals surface area contributed by atoms with Gasteiger partial charge >= 0.3 is 0 Å². The van der Waals surface area contributed by atoms with E-state index in [9.17, 15) is 0 Å². The summed E-state index contributed by atoms with van der Waals surface area (Å²) in [5, 5.41) is 1.16. The van der Waals surface area contributed by atoms with Crippen LogP contribution in [-0.4, -0.2) is 35.1 Å². The van der Waals surface area contributed by atoms with E-state index in [1.807, 2.05) is 0 Å². The molecule has 0 saturated heterocycles. The predicted octanol–water partition coefficient (Wildman–Crippen LogP) is 3.54. The number of pyridine rings is 1. The molecule has 0 atom stereocenters. The second-order valence-corrected chi connectivity index (χ2v) is 7.20. The van der Waals surface area contributed by atoms with E-state index < -0.39 is 0 Å². The summed E-state index contributed by atoms with van der Waals surface area (Å²) in [5.74, 6) is 0. The number of aromatic nitrogens is 2. The Morgan fingerprint density at radius 2 is 1.91 bits per heavy atom. The van der Waals surface area contributed by atoms with Gasteiger partial charge in [-0.3, -0.25) is 0 Å². The second kappa shape index (κ2) is 6.91. The maximum absolute atomic E-state index is 6.56. The Morgan fingerprint density at radius 1 is 1.17 bits per heavy atom. The third-order valence-electron chi connectivity index (χ3n) is 5.06. The standard InChI is InChI=1S/C19H30N4/c1-14-13-16-18(20)15-9-6-4-5-7-10-17(15)21-19(16)23(14)12-8-11-22(2)3/h13H,4-12H2,1-3H3,(H2,20,21). The number of rotatable bonds is 4. The van der Waals surface area contributed by atoms with Crippen LogP contribution in [-0.2, 0) is 19.4 Å². The van der Waals surface area contributed by atoms with Crippen LogP contribution in [0.25, 0.3) is 11.0 Å². The van der Waals surface area contributed by atoms with E-state index in [1.54, 1.807) is 0 Å². The Bertz CT molecular complexity index is 684. The minimum Gasteiger partial charge on any atom is -0.398 e. The molecule has 0 aromatic carbocycles. The molecular formula is C19H30N4. The summed E-state index contributed by atoms with van der Waals surface area (Å²) in [6, 6.07) is 2.23. The minimum absolute atomic E-state index is 0.987. The van der Waals surface area contributed by atoms with Crippen LogP contribution in [0.3, 0.4) is 0 Å². The van der Waals surface area contributed by atoms with Crippen LogP contribution in [0.2, 0.25) is 0 Å². The van der Waals surface area contributed by atoms with Crippen LogP contribution < -0.4 is 5.73 Å². The van der Waals surface area contributed by atoms with Crippen molar-refractivity contribution in [2.75, 3.05) is 26.4 Å². The molecule has 126 valence electrons. The Hall–Kier alpha value is -1.55. The molecule has 23 heavy (non-hydrogen) atoms. The Balaban J connectivity index is 2.00. The van der Waals surface area contributed by atoms with Crippen LogP contribution in [0.1, 0.15) is 49.1 Å². The molecule has 4 heteroatoms. The lowest BCUT2D eigenvalue weighted by Crippen LogP contribution is -2.15. The van der Waals surface area contributed by atoms with E-state index in [0.29, 0.717) is 0 Å². The fraction of sp³-hybridized carbons (Fsp3) is 0.632. The number of nitrogens with zero attached hydrogens (tertiary/aromatic N) is 3. The highest BCUT2D eigenvalue weighted by Gasteiger charge is 2.18. The first-order valence-corrected chi connectivity index (χ1v) is 8.99. The number of hydrogen-bond acceptors (Lipinski definition) is 3. The van der Waals surface area contributed by atoms with Crippen LogP contribution in [0, 0.1) is 6.92 Å². The van der Waals surface area contributed by atoms with Crippen molar-refractivity contribution in [1.82, 2.24) is 14.5 Å². The molecule has 0 amide bonds. The average molecular weight is 314 g/mol. The first kappa shape index (κ1) is 16.3. The molecule has 2 aromatic heterocycles. The van der Waals surface area contributed by atoms with Gasteiger partial charge in [-0.1, -0.05) is 12.8 Å². The molecule has 0 aliphatic heterocycles. The number of hydrogen-bond donors (Lipinski definition) is 1. The van der Waals surface area contributed by atoms with Crippen molar-refractivity contribution < 1.29 is 0 Å². The summed E-state index contributed by atoms with van der Waals surface area (Å²) in [6.45, 7) is 4.28. The van der Waals surface area contributed by atoms with Gasteiger partial charge in [0.1, 0.15) is 5.65 Å². The van der Waals surface area contributed by atoms with Crippen molar-refractivity contribution in [2.45, 2.75) is 58.4 Å². The lowest BCUT2D eigenvalue weighted by atomic mass is 9.95. The fourth-order valence-electron chi connectivity index (χ4n) is 3.76. The number of nitrogen functional groups attached to an aromatic ring is 1. The highest BCUT2D eigenvalue weighted by Crippen LogP contribution is 2.32. The van der Waals surface area contributed by atoms with E-state index in [4.69, 9.17) is 10.7 Å². The molecule has 2 heterocycles. The van der Waals surface area contributed by atoms with Gasteiger partial charge in [0.2, 0.25) is 0 Å². The first-order valence-electron chi connectivity index (χ1n) is 8.99. The van der Waals surface area contributed by atoms with Crippen molar-refractivity contribution in [3.8, 4) is 0 Å². The molecule has 2 N–H and O–H groups in total. The van der Waals surface area contributed by atoms with E-state index in [1.165, 1.54) is 42.6 Å². The summed E-state index contributed by atoms with van der Waals surface area (Å²) < 4.78 is 2.36. The largest absolute Gasteiger partial charge is 0.398 e. The highest BCUT2D eigenvalue weighted by atomic mass is 15.1. The number of anilines is 1. The molecule has 0 fully saturated rings. The van der Waals surface area contributed by atoms with Crippen LogP contribution in [0.15, 0.2) is 6.07 Å². The van der Waals surface area contributed by atoms with Gasteiger partial charge in [-0.25, -0.2) is 4.98 Å². The minimum atomic E-state index is 0.987. The van der Waals surface area contributed by atoms with Gasteiger partial charge < -0.3 is 15.2 Å². The SMILES string of the molecule is Cc1cc2c(N)c3c(nc2n1CCCN(C)C)CCCCCC3. The van der Waals surface area contributed by atoms with Gasteiger partial charge in [-0.05, 0) is 71.3 Å². The van der Waals surface area contributed by atoms with E-state index in [0.717, 1.165) is 49.1 Å². The van der Waals surface area contributed by atoms with Gasteiger partial charge in [0.25, 0.3) is 0 Å². The normalized spacial score (nSPS) is 15.7. The first-order chi connectivity index (χ1) is 11.1. The van der Waals surface area contributed by atoms with Gasteiger partial charge in [0.15, 0.2) is 0 Å². The van der Waals surface area contributed by atoms with Gasteiger partial charge in [-0.2, -0.15) is 0 Å². The summed E-state index contributed by atoms with van der Waals surface area (Å²) in [7, 11) is 4.25. The van der Waals surface area contributed by atoms with Crippen molar-refractivity contribution in [3.05, 3.63) is 23.0 Å². The van der Waals surface area contributed by atoms with Crippen LogP contribution in [0.5, 0.6) is 0 Å². The molecule has 3 rings (SSSR count). The predicted molar refractivity (Wildman–Crippen MR) is 97.9 cm³/mol. The van der Waals surface area contributed by atoms with E-state index >= 15 is 0 Å². The molecule has 2 aromatic rings. The summed E-state index contributed by atoms with van der Waals surface area (Å²) in [6.07, 6.45) is 8.43. The topological polar surface area (TPSA) is 47.1 Å². The summed E-state index contributed by atoms with van der Waals surface area (Å²) in [5.41, 5.74) is 12.5. The lowest BCUT2D eigenvalue weighted by molar-refractivity contribution is 0.387. The average Bonchev–Trinajstić information content (AvgIpc) is 2.78. The molecule has 1 aliphatic carbocycles. The van der Waals surface area contributed by atoms with Crippen molar-refractivity contribution in [1.29, 1.82) is 0 Å². The van der Waals surface area contributed by atoms with Gasteiger partial charge in [0, 0.05) is 29.0 Å². The second-order valence-electron chi connectivity index (χ2n) is 7.20. The zero-order valence-electron chi connectivity index (χ0n) is 14.9. The van der Waals surface area contributed by atoms with Crippen molar-refractivity contribution in [3.63, 3.8) is 0 Å². The maximum atomic E-state index is 6.56. The number of aryl methyl sites for hydroxylation is 3. The van der Waals surface area contributed by atoms with E-state index in [2.05, 4.69) is 36.6 Å². The maximum Gasteiger partial charge on any atom is 0.142 e. The third-order valence-corrected chi connectivity index (χ3v) is 5.06. The third kappa shape index (κ3) is 3.37. The molecule has 0 radical (unpaired) electrons. The molecule has 0 spiro atoms. The Labute approximate surface area is 139 Å². The van der Waals surface area contributed by atoms with Gasteiger partial charge in [0.05, 0.1) is 0 Å². The molecule has 1 aliphatic rings. The van der Waals surface area contributed by atoms with Crippen molar-refractivity contribution in [2.24, 2.45) is 0 Å². The molecule has 4 nitrogen and oxygen atoms in total. The quantitative estimate of drug-likeness (QED) is 0.939. The van der Waals surface area contributed by atoms with Crippen molar-refractivity contribution >= 4 is 16.7 Å². The zero-order valence-corrected chi connectivity index (χ0v) is 14.9. The fourth-order valence-corrected chi connectivity index (χ4v) is 3.76. The molecular weight excluding hydrogens is 284 g/mol. The highest BCUT2D eigenvalue weighted by molar-refractivity contribution is 5.91. The summed E-state index contributed by atoms with van der Waals surface area (Å²) >= 11 is 0. The molecule has 0 saturated carbocycles.